The van der Waals surface area contributed by atoms with Crippen LogP contribution in [0.25, 0.3) is 0 Å². The van der Waals surface area contributed by atoms with Gasteiger partial charge in [-0.3, -0.25) is 0 Å². The number of hydrogen-bond donors (Lipinski definition) is 1. The van der Waals surface area contributed by atoms with Crippen LogP contribution in [0.2, 0.25) is 0 Å². The molecule has 0 bridgehead atoms. The predicted octanol–water partition coefficient (Wildman–Crippen LogP) is 3.69. The van der Waals surface area contributed by atoms with E-state index >= 15 is 0 Å². The maximum Gasteiger partial charge on any atom is 0.150 e. The monoisotopic (exact) mass is 280 g/mol. The fourth-order valence-corrected chi connectivity index (χ4v) is 2.05. The molecule has 0 aliphatic heterocycles. The van der Waals surface area contributed by atoms with E-state index in [1.165, 1.54) is 5.56 Å². The lowest BCUT2D eigenvalue weighted by Gasteiger charge is -2.10. The first kappa shape index (κ1) is 11.4. The van der Waals surface area contributed by atoms with Crippen molar-refractivity contribution in [3.05, 3.63) is 58.0 Å². The van der Waals surface area contributed by atoms with Crippen LogP contribution >= 0.6 is 15.9 Å². The fraction of sp³-hybridized carbons (Fsp3) is 0.231. The molecule has 1 atom stereocenters. The zero-order valence-electron chi connectivity index (χ0n) is 8.98. The Morgan fingerprint density at radius 3 is 2.81 bits per heavy atom. The third-order valence-corrected chi connectivity index (χ3v) is 3.22. The number of halogens is 1. The maximum absolute atomic E-state index is 10.2. The van der Waals surface area contributed by atoms with Gasteiger partial charge < -0.3 is 9.52 Å². The third kappa shape index (κ3) is 2.20. The quantitative estimate of drug-likeness (QED) is 0.930. The Morgan fingerprint density at radius 2 is 2.19 bits per heavy atom. The number of benzene rings is 1. The minimum atomic E-state index is -0.712. The Hall–Kier alpha value is -1.06. The molecule has 0 amide bonds. The maximum atomic E-state index is 10.2. The van der Waals surface area contributed by atoms with Crippen molar-refractivity contribution in [2.75, 3.05) is 0 Å². The van der Waals surface area contributed by atoms with Gasteiger partial charge >= 0.3 is 0 Å². The summed E-state index contributed by atoms with van der Waals surface area (Å²) >= 11 is 3.35. The van der Waals surface area contributed by atoms with Crippen LogP contribution in [0.1, 0.15) is 29.9 Å². The molecule has 3 heteroatoms. The van der Waals surface area contributed by atoms with Gasteiger partial charge in [0.05, 0.1) is 10.7 Å². The van der Waals surface area contributed by atoms with Crippen LogP contribution < -0.4 is 0 Å². The van der Waals surface area contributed by atoms with Crippen LogP contribution in [0.15, 0.2) is 45.5 Å². The summed E-state index contributed by atoms with van der Waals surface area (Å²) in [5, 5.41) is 10.2. The average molecular weight is 281 g/mol. The second-order valence-electron chi connectivity index (χ2n) is 3.63. The molecule has 1 unspecified atom stereocenters. The van der Waals surface area contributed by atoms with Crippen LogP contribution in [0.4, 0.5) is 0 Å². The van der Waals surface area contributed by atoms with Crippen molar-refractivity contribution < 1.29 is 9.52 Å². The number of furan rings is 1. The molecule has 2 nitrogen and oxygen atoms in total. The summed E-state index contributed by atoms with van der Waals surface area (Å²) in [6, 6.07) is 9.68. The van der Waals surface area contributed by atoms with E-state index in [1.54, 1.807) is 12.3 Å². The Morgan fingerprint density at radius 1 is 1.38 bits per heavy atom. The molecular formula is C13H13BrO2. The molecule has 1 aromatic heterocycles. The third-order valence-electron chi connectivity index (χ3n) is 2.57. The van der Waals surface area contributed by atoms with Gasteiger partial charge in [0.15, 0.2) is 5.76 Å². The molecule has 0 saturated heterocycles. The fourth-order valence-electron chi connectivity index (χ4n) is 1.64. The van der Waals surface area contributed by atoms with Crippen molar-refractivity contribution in [2.45, 2.75) is 19.4 Å². The van der Waals surface area contributed by atoms with Crippen molar-refractivity contribution in [1.29, 1.82) is 0 Å². The van der Waals surface area contributed by atoms with E-state index < -0.39 is 6.10 Å². The molecule has 0 radical (unpaired) electrons. The van der Waals surface area contributed by atoms with Crippen LogP contribution in [0.3, 0.4) is 0 Å². The highest BCUT2D eigenvalue weighted by Crippen LogP contribution is 2.29. The van der Waals surface area contributed by atoms with Crippen molar-refractivity contribution in [3.63, 3.8) is 0 Å². The van der Waals surface area contributed by atoms with E-state index in [-0.39, 0.29) is 0 Å². The van der Waals surface area contributed by atoms with Gasteiger partial charge in [0.25, 0.3) is 0 Å². The zero-order valence-corrected chi connectivity index (χ0v) is 10.6. The summed E-state index contributed by atoms with van der Waals surface area (Å²) in [5.41, 5.74) is 2.06. The van der Waals surface area contributed by atoms with Gasteiger partial charge in [-0.1, -0.05) is 31.2 Å². The molecule has 0 spiro atoms. The molecule has 16 heavy (non-hydrogen) atoms. The Labute approximate surface area is 103 Å². The average Bonchev–Trinajstić information content (AvgIpc) is 2.74. The molecule has 0 saturated carbocycles. The molecule has 2 rings (SSSR count). The highest BCUT2D eigenvalue weighted by molar-refractivity contribution is 9.10. The van der Waals surface area contributed by atoms with Crippen LogP contribution in [-0.2, 0) is 6.42 Å². The molecule has 0 aliphatic carbocycles. The highest BCUT2D eigenvalue weighted by atomic mass is 79.9. The van der Waals surface area contributed by atoms with E-state index in [0.717, 1.165) is 16.5 Å². The summed E-state index contributed by atoms with van der Waals surface area (Å²) in [6.45, 7) is 2.09. The van der Waals surface area contributed by atoms with Crippen LogP contribution in [0.5, 0.6) is 0 Å². The minimum absolute atomic E-state index is 0.549. The van der Waals surface area contributed by atoms with E-state index in [0.29, 0.717) is 5.76 Å². The largest absolute Gasteiger partial charge is 0.465 e. The normalized spacial score (nSPS) is 12.7. The lowest BCUT2D eigenvalue weighted by Crippen LogP contribution is -1.99. The first-order chi connectivity index (χ1) is 7.72. The topological polar surface area (TPSA) is 33.4 Å². The molecule has 1 heterocycles. The van der Waals surface area contributed by atoms with E-state index in [4.69, 9.17) is 4.42 Å². The molecule has 84 valence electrons. The van der Waals surface area contributed by atoms with Crippen molar-refractivity contribution in [3.8, 4) is 0 Å². The lowest BCUT2D eigenvalue weighted by atomic mass is 10.0. The van der Waals surface area contributed by atoms with Gasteiger partial charge in [-0.2, -0.15) is 0 Å². The smallest absolute Gasteiger partial charge is 0.150 e. The Kier molecular flexibility index (Phi) is 3.46. The number of rotatable bonds is 3. The van der Waals surface area contributed by atoms with E-state index in [9.17, 15) is 5.11 Å². The Bertz CT molecular complexity index is 476. The number of hydrogen-bond acceptors (Lipinski definition) is 2. The molecule has 1 N–H and O–H groups in total. The lowest BCUT2D eigenvalue weighted by molar-refractivity contribution is 0.188. The van der Waals surface area contributed by atoms with Gasteiger partial charge in [0.1, 0.15) is 6.10 Å². The van der Waals surface area contributed by atoms with Gasteiger partial charge in [0, 0.05) is 0 Å². The van der Waals surface area contributed by atoms with Gasteiger partial charge in [0.2, 0.25) is 0 Å². The minimum Gasteiger partial charge on any atom is -0.465 e. The van der Waals surface area contributed by atoms with Crippen molar-refractivity contribution >= 4 is 15.9 Å². The van der Waals surface area contributed by atoms with Gasteiger partial charge in [-0.05, 0) is 39.5 Å². The second kappa shape index (κ2) is 4.85. The van der Waals surface area contributed by atoms with Crippen LogP contribution in [0, 0.1) is 0 Å². The number of aryl methyl sites for hydroxylation is 1. The Balaban J connectivity index is 2.33. The molecule has 1 aromatic carbocycles. The number of aliphatic hydroxyl groups excluding tert-OH is 1. The standard InChI is InChI=1S/C13H13BrO2/c1-2-9-4-3-5-10(8-9)12(15)13-11(14)6-7-16-13/h3-8,12,15H,2H2,1H3. The zero-order chi connectivity index (χ0) is 11.5. The van der Waals surface area contributed by atoms with Gasteiger partial charge in [-0.15, -0.1) is 0 Å². The van der Waals surface area contributed by atoms with E-state index in [1.807, 2.05) is 24.3 Å². The first-order valence-corrected chi connectivity index (χ1v) is 6.01. The highest BCUT2D eigenvalue weighted by Gasteiger charge is 2.16. The van der Waals surface area contributed by atoms with E-state index in [2.05, 4.69) is 22.9 Å². The summed E-state index contributed by atoms with van der Waals surface area (Å²) in [6.07, 6.45) is 1.81. The SMILES string of the molecule is CCc1cccc(C(O)c2occc2Br)c1. The summed E-state index contributed by atoms with van der Waals surface area (Å²) in [4.78, 5) is 0. The number of aliphatic hydroxyl groups is 1. The van der Waals surface area contributed by atoms with Crippen LogP contribution in [-0.4, -0.2) is 5.11 Å². The van der Waals surface area contributed by atoms with Crippen molar-refractivity contribution in [1.82, 2.24) is 0 Å². The summed E-state index contributed by atoms with van der Waals surface area (Å²) in [7, 11) is 0. The first-order valence-electron chi connectivity index (χ1n) is 5.22. The predicted molar refractivity (Wildman–Crippen MR) is 66.3 cm³/mol. The summed E-state index contributed by atoms with van der Waals surface area (Å²) in [5.74, 6) is 0.549. The van der Waals surface area contributed by atoms with Crippen molar-refractivity contribution in [2.24, 2.45) is 0 Å². The molecular weight excluding hydrogens is 268 g/mol. The molecule has 0 aliphatic rings. The molecule has 0 fully saturated rings. The summed E-state index contributed by atoms with van der Waals surface area (Å²) < 4.78 is 6.05. The van der Waals surface area contributed by atoms with Gasteiger partial charge in [-0.25, -0.2) is 0 Å². The second-order valence-corrected chi connectivity index (χ2v) is 4.49. The molecule has 2 aromatic rings.